The van der Waals surface area contributed by atoms with E-state index in [0.29, 0.717) is 32.0 Å². The Hall–Kier alpha value is -3.27. The molecule has 6 nitrogen and oxygen atoms in total. The molecule has 0 spiro atoms. The van der Waals surface area contributed by atoms with E-state index in [-0.39, 0.29) is 17.6 Å². The number of hydrogen-bond acceptors (Lipinski definition) is 6. The van der Waals surface area contributed by atoms with Crippen LogP contribution < -0.4 is 24.9 Å². The van der Waals surface area contributed by atoms with Crippen molar-refractivity contribution in [2.24, 2.45) is 4.99 Å². The predicted molar refractivity (Wildman–Crippen MR) is 153 cm³/mol. The SMILES string of the molecule is CC1=C(C(=O)Nc2ccccc2)[C@H](c2cccs2)n2c(s/c(=C/c3cc(Br)ccc3OC(C)C)c2=O)=N1. The summed E-state index contributed by atoms with van der Waals surface area (Å²) in [7, 11) is 0. The van der Waals surface area contributed by atoms with Gasteiger partial charge in [-0.2, -0.15) is 0 Å². The van der Waals surface area contributed by atoms with Crippen LogP contribution in [0.15, 0.2) is 91.6 Å². The van der Waals surface area contributed by atoms with Crippen LogP contribution >= 0.6 is 38.6 Å². The number of fused-ring (bicyclic) bond motifs is 1. The summed E-state index contributed by atoms with van der Waals surface area (Å²) < 4.78 is 9.01. The molecule has 0 saturated heterocycles. The first-order chi connectivity index (χ1) is 17.8. The van der Waals surface area contributed by atoms with Gasteiger partial charge in [-0.15, -0.1) is 11.3 Å². The lowest BCUT2D eigenvalue weighted by atomic mass is 10.0. The van der Waals surface area contributed by atoms with Crippen molar-refractivity contribution in [3.05, 3.63) is 112 Å². The van der Waals surface area contributed by atoms with Gasteiger partial charge in [0.2, 0.25) is 0 Å². The number of hydrogen-bond donors (Lipinski definition) is 1. The maximum absolute atomic E-state index is 13.9. The maximum atomic E-state index is 13.9. The topological polar surface area (TPSA) is 72.7 Å². The number of carbonyl (C=O) groups excluding carboxylic acids is 1. The van der Waals surface area contributed by atoms with Crippen LogP contribution in [0.4, 0.5) is 5.69 Å². The van der Waals surface area contributed by atoms with Gasteiger partial charge in [0.25, 0.3) is 11.5 Å². The number of nitrogens with zero attached hydrogens (tertiary/aromatic N) is 2. The van der Waals surface area contributed by atoms with Gasteiger partial charge in [-0.05, 0) is 68.6 Å². The molecule has 3 heterocycles. The molecule has 37 heavy (non-hydrogen) atoms. The molecule has 1 amide bonds. The summed E-state index contributed by atoms with van der Waals surface area (Å²) in [5.74, 6) is 0.415. The number of anilines is 1. The van der Waals surface area contributed by atoms with E-state index >= 15 is 0 Å². The van der Waals surface area contributed by atoms with E-state index in [0.717, 1.165) is 14.9 Å². The first kappa shape index (κ1) is 25.4. The summed E-state index contributed by atoms with van der Waals surface area (Å²) in [6, 6.07) is 18.3. The van der Waals surface area contributed by atoms with Crippen LogP contribution in [0.5, 0.6) is 5.75 Å². The van der Waals surface area contributed by atoms with Gasteiger partial charge in [-0.3, -0.25) is 14.2 Å². The van der Waals surface area contributed by atoms with E-state index in [2.05, 4.69) is 21.2 Å². The number of carbonyl (C=O) groups is 1. The fourth-order valence-electron chi connectivity index (χ4n) is 4.18. The molecule has 188 valence electrons. The van der Waals surface area contributed by atoms with E-state index in [1.165, 1.54) is 22.7 Å². The molecule has 0 radical (unpaired) electrons. The Balaban J connectivity index is 1.65. The third kappa shape index (κ3) is 5.25. The fourth-order valence-corrected chi connectivity index (χ4v) is 6.42. The van der Waals surface area contributed by atoms with E-state index in [9.17, 15) is 9.59 Å². The van der Waals surface area contributed by atoms with Gasteiger partial charge in [0, 0.05) is 20.6 Å². The van der Waals surface area contributed by atoms with Crippen molar-refractivity contribution in [3.8, 4) is 5.75 Å². The van der Waals surface area contributed by atoms with E-state index < -0.39 is 6.04 Å². The second kappa shape index (κ2) is 10.6. The molecule has 5 rings (SSSR count). The highest BCUT2D eigenvalue weighted by atomic mass is 79.9. The Labute approximate surface area is 230 Å². The standard InChI is InChI=1S/C28H24BrN3O3S2/c1-16(2)35-21-12-11-19(29)14-18(21)15-23-27(34)32-25(22-10-7-13-36-22)24(17(3)30-28(32)37-23)26(33)31-20-8-5-4-6-9-20/h4-16,25H,1-3H3,(H,31,33)/b23-15+/t25-/m0/s1. The van der Waals surface area contributed by atoms with Gasteiger partial charge in [0.1, 0.15) is 11.8 Å². The van der Waals surface area contributed by atoms with Crippen molar-refractivity contribution < 1.29 is 9.53 Å². The number of amides is 1. The molecule has 0 aliphatic carbocycles. The van der Waals surface area contributed by atoms with Gasteiger partial charge < -0.3 is 10.1 Å². The largest absolute Gasteiger partial charge is 0.490 e. The maximum Gasteiger partial charge on any atom is 0.271 e. The molecule has 0 bridgehead atoms. The highest BCUT2D eigenvalue weighted by Gasteiger charge is 2.33. The van der Waals surface area contributed by atoms with E-state index in [1.807, 2.05) is 92.9 Å². The molecule has 0 saturated carbocycles. The lowest BCUT2D eigenvalue weighted by molar-refractivity contribution is -0.113. The molecule has 2 aromatic heterocycles. The van der Waals surface area contributed by atoms with Crippen LogP contribution in [0.25, 0.3) is 6.08 Å². The number of thiazole rings is 1. The van der Waals surface area contributed by atoms with Crippen molar-refractivity contribution in [2.45, 2.75) is 32.9 Å². The van der Waals surface area contributed by atoms with Crippen LogP contribution in [0, 0.1) is 0 Å². The second-order valence-electron chi connectivity index (χ2n) is 8.77. The van der Waals surface area contributed by atoms with Crippen LogP contribution in [0.3, 0.4) is 0 Å². The molecular formula is C28H24BrN3O3S2. The first-order valence-corrected chi connectivity index (χ1v) is 14.2. The summed E-state index contributed by atoms with van der Waals surface area (Å²) in [5.41, 5.74) is 2.32. The van der Waals surface area contributed by atoms with Gasteiger partial charge in [-0.25, -0.2) is 4.99 Å². The van der Waals surface area contributed by atoms with Crippen molar-refractivity contribution >= 4 is 56.3 Å². The molecule has 4 aromatic rings. The highest BCUT2D eigenvalue weighted by molar-refractivity contribution is 9.10. The normalized spacial score (nSPS) is 15.5. The zero-order chi connectivity index (χ0) is 26.1. The summed E-state index contributed by atoms with van der Waals surface area (Å²) in [5, 5.41) is 4.92. The number of nitrogens with one attached hydrogen (secondary N) is 1. The lowest BCUT2D eigenvalue weighted by Gasteiger charge is -2.24. The first-order valence-electron chi connectivity index (χ1n) is 11.7. The van der Waals surface area contributed by atoms with Crippen molar-refractivity contribution in [1.29, 1.82) is 0 Å². The van der Waals surface area contributed by atoms with Gasteiger partial charge in [0.05, 0.1) is 21.9 Å². The van der Waals surface area contributed by atoms with Crippen LogP contribution in [-0.2, 0) is 4.79 Å². The van der Waals surface area contributed by atoms with Crippen LogP contribution in [0.1, 0.15) is 37.3 Å². The molecule has 9 heteroatoms. The zero-order valence-electron chi connectivity index (χ0n) is 20.4. The number of aromatic nitrogens is 1. The number of para-hydroxylation sites is 1. The molecule has 1 aliphatic rings. The molecule has 1 N–H and O–H groups in total. The minimum absolute atomic E-state index is 0.0123. The average molecular weight is 595 g/mol. The minimum Gasteiger partial charge on any atom is -0.490 e. The molecule has 2 aromatic carbocycles. The summed E-state index contributed by atoms with van der Waals surface area (Å²) in [4.78, 5) is 33.5. The molecule has 1 aliphatic heterocycles. The quantitative estimate of drug-likeness (QED) is 0.321. The zero-order valence-corrected chi connectivity index (χ0v) is 23.6. The summed E-state index contributed by atoms with van der Waals surface area (Å²) in [6.07, 6.45) is 1.82. The average Bonchev–Trinajstić information content (AvgIpc) is 3.49. The summed E-state index contributed by atoms with van der Waals surface area (Å²) >= 11 is 6.34. The number of allylic oxidation sites excluding steroid dienone is 1. The Morgan fingerprint density at radius 2 is 1.95 bits per heavy atom. The van der Waals surface area contributed by atoms with Crippen molar-refractivity contribution in [1.82, 2.24) is 4.57 Å². The molecule has 0 fully saturated rings. The number of halogens is 1. The Morgan fingerprint density at radius 3 is 2.65 bits per heavy atom. The minimum atomic E-state index is -0.573. The van der Waals surface area contributed by atoms with Gasteiger partial charge in [-0.1, -0.05) is 51.5 Å². The molecule has 0 unspecified atom stereocenters. The van der Waals surface area contributed by atoms with Crippen LogP contribution in [0.2, 0.25) is 0 Å². The molecular weight excluding hydrogens is 570 g/mol. The highest BCUT2D eigenvalue weighted by Crippen LogP contribution is 2.33. The number of rotatable bonds is 6. The lowest BCUT2D eigenvalue weighted by Crippen LogP contribution is -2.40. The van der Waals surface area contributed by atoms with E-state index in [4.69, 9.17) is 9.73 Å². The van der Waals surface area contributed by atoms with E-state index in [1.54, 1.807) is 4.57 Å². The smallest absolute Gasteiger partial charge is 0.271 e. The Morgan fingerprint density at radius 1 is 1.16 bits per heavy atom. The third-order valence-corrected chi connectivity index (χ3v) is 8.13. The van der Waals surface area contributed by atoms with Gasteiger partial charge in [0.15, 0.2) is 4.80 Å². The fraction of sp³-hybridized carbons (Fsp3) is 0.179. The Bertz CT molecular complexity index is 1670. The van der Waals surface area contributed by atoms with Crippen LogP contribution in [-0.4, -0.2) is 16.6 Å². The van der Waals surface area contributed by atoms with Crippen molar-refractivity contribution in [2.75, 3.05) is 5.32 Å². The number of ether oxygens (including phenoxy) is 1. The Kier molecular flexibility index (Phi) is 7.28. The second-order valence-corrected chi connectivity index (χ2v) is 11.7. The predicted octanol–water partition coefficient (Wildman–Crippen LogP) is 5.49. The number of benzene rings is 2. The summed E-state index contributed by atoms with van der Waals surface area (Å²) in [6.45, 7) is 5.75. The molecule has 1 atom stereocenters. The van der Waals surface area contributed by atoms with Gasteiger partial charge >= 0.3 is 0 Å². The monoisotopic (exact) mass is 593 g/mol. The third-order valence-electron chi connectivity index (χ3n) is 5.73. The van der Waals surface area contributed by atoms with Crippen molar-refractivity contribution in [3.63, 3.8) is 0 Å². The number of thiophene rings is 1.